The third kappa shape index (κ3) is 3.24. The van der Waals surface area contributed by atoms with E-state index in [1.165, 1.54) is 51.4 Å². The van der Waals surface area contributed by atoms with Crippen LogP contribution in [0.4, 0.5) is 0 Å². The molecule has 3 aliphatic rings. The van der Waals surface area contributed by atoms with E-state index in [0.717, 1.165) is 35.5 Å². The summed E-state index contributed by atoms with van der Waals surface area (Å²) < 4.78 is 0. The molecule has 0 bridgehead atoms. The molecule has 0 aromatic rings. The van der Waals surface area contributed by atoms with E-state index in [-0.39, 0.29) is 0 Å². The van der Waals surface area contributed by atoms with E-state index in [1.807, 2.05) is 0 Å². The van der Waals surface area contributed by atoms with Crippen LogP contribution in [-0.2, 0) is 0 Å². The summed E-state index contributed by atoms with van der Waals surface area (Å²) in [5.41, 5.74) is 6.37. The lowest BCUT2D eigenvalue weighted by Gasteiger charge is -2.49. The molecule has 20 heavy (non-hydrogen) atoms. The van der Waals surface area contributed by atoms with Crippen LogP contribution in [0.2, 0.25) is 0 Å². The Morgan fingerprint density at radius 3 is 2.20 bits per heavy atom. The highest BCUT2D eigenvalue weighted by Crippen LogP contribution is 2.52. The first-order valence-electron chi connectivity index (χ1n) is 9.41. The molecule has 0 amide bonds. The SMILES string of the molecule is CCC1CC(C2CC(C(C)CC(N)CC3CCC3)C2)C1. The van der Waals surface area contributed by atoms with Gasteiger partial charge in [0.2, 0.25) is 0 Å². The third-order valence-electron chi connectivity index (χ3n) is 7.07. The first kappa shape index (κ1) is 14.9. The molecule has 3 saturated carbocycles. The van der Waals surface area contributed by atoms with Gasteiger partial charge in [0.15, 0.2) is 0 Å². The molecule has 0 aromatic carbocycles. The van der Waals surface area contributed by atoms with E-state index >= 15 is 0 Å². The molecule has 3 aliphatic carbocycles. The van der Waals surface area contributed by atoms with Gasteiger partial charge in [-0.05, 0) is 74.0 Å². The summed E-state index contributed by atoms with van der Waals surface area (Å²) in [5.74, 6) is 6.14. The van der Waals surface area contributed by atoms with E-state index < -0.39 is 0 Å². The van der Waals surface area contributed by atoms with Crippen LogP contribution in [0.1, 0.15) is 78.1 Å². The maximum absolute atomic E-state index is 6.37. The van der Waals surface area contributed by atoms with Crippen molar-refractivity contribution in [2.24, 2.45) is 41.2 Å². The fourth-order valence-corrected chi connectivity index (χ4v) is 4.99. The standard InChI is InChI=1S/C19H35N/c1-3-14-8-17(9-14)18-11-16(12-18)13(2)7-19(20)10-15-5-4-6-15/h13-19H,3-12,20H2,1-2H3. The van der Waals surface area contributed by atoms with Crippen molar-refractivity contribution in [3.8, 4) is 0 Å². The zero-order valence-electron chi connectivity index (χ0n) is 13.7. The fourth-order valence-electron chi connectivity index (χ4n) is 4.99. The highest BCUT2D eigenvalue weighted by atomic mass is 14.6. The minimum atomic E-state index is 0.488. The summed E-state index contributed by atoms with van der Waals surface area (Å²) in [5, 5.41) is 0. The Hall–Kier alpha value is -0.0400. The molecule has 0 aliphatic heterocycles. The second-order valence-corrected chi connectivity index (χ2v) is 8.50. The highest BCUT2D eigenvalue weighted by Gasteiger charge is 2.42. The molecule has 1 nitrogen and oxygen atoms in total. The van der Waals surface area contributed by atoms with Gasteiger partial charge >= 0.3 is 0 Å². The van der Waals surface area contributed by atoms with Crippen LogP contribution in [-0.4, -0.2) is 6.04 Å². The van der Waals surface area contributed by atoms with Crippen molar-refractivity contribution in [1.82, 2.24) is 0 Å². The predicted molar refractivity (Wildman–Crippen MR) is 86.4 cm³/mol. The summed E-state index contributed by atoms with van der Waals surface area (Å²) in [6.07, 6.45) is 14.5. The van der Waals surface area contributed by atoms with Crippen LogP contribution in [0.25, 0.3) is 0 Å². The summed E-state index contributed by atoms with van der Waals surface area (Å²) in [6.45, 7) is 4.83. The number of rotatable bonds is 7. The molecule has 3 fully saturated rings. The molecule has 0 spiro atoms. The second kappa shape index (κ2) is 6.38. The number of hydrogen-bond donors (Lipinski definition) is 1. The van der Waals surface area contributed by atoms with Gasteiger partial charge in [0, 0.05) is 6.04 Å². The molecule has 1 heteroatoms. The lowest BCUT2D eigenvalue weighted by atomic mass is 9.56. The first-order chi connectivity index (χ1) is 9.65. The number of hydrogen-bond acceptors (Lipinski definition) is 1. The van der Waals surface area contributed by atoms with Crippen molar-refractivity contribution in [3.63, 3.8) is 0 Å². The first-order valence-corrected chi connectivity index (χ1v) is 9.41. The molecule has 0 aromatic heterocycles. The minimum Gasteiger partial charge on any atom is -0.328 e. The van der Waals surface area contributed by atoms with Gasteiger partial charge in [-0.25, -0.2) is 0 Å². The van der Waals surface area contributed by atoms with Gasteiger partial charge in [-0.1, -0.05) is 39.5 Å². The van der Waals surface area contributed by atoms with Gasteiger partial charge in [0.05, 0.1) is 0 Å². The summed E-state index contributed by atoms with van der Waals surface area (Å²) in [7, 11) is 0. The van der Waals surface area contributed by atoms with Gasteiger partial charge in [0.25, 0.3) is 0 Å². The van der Waals surface area contributed by atoms with Crippen LogP contribution in [0, 0.1) is 35.5 Å². The Morgan fingerprint density at radius 2 is 1.65 bits per heavy atom. The van der Waals surface area contributed by atoms with Gasteiger partial charge in [-0.3, -0.25) is 0 Å². The van der Waals surface area contributed by atoms with Crippen LogP contribution >= 0.6 is 0 Å². The average Bonchev–Trinajstić information content (AvgIpc) is 2.24. The zero-order chi connectivity index (χ0) is 14.1. The molecular formula is C19H35N. The molecular weight excluding hydrogens is 242 g/mol. The van der Waals surface area contributed by atoms with Crippen LogP contribution in [0.3, 0.4) is 0 Å². The third-order valence-corrected chi connectivity index (χ3v) is 7.07. The van der Waals surface area contributed by atoms with Crippen molar-refractivity contribution in [3.05, 3.63) is 0 Å². The predicted octanol–water partition coefficient (Wildman–Crippen LogP) is 4.99. The van der Waals surface area contributed by atoms with Crippen molar-refractivity contribution < 1.29 is 0 Å². The Morgan fingerprint density at radius 1 is 1.00 bits per heavy atom. The fraction of sp³-hybridized carbons (Fsp3) is 1.00. The molecule has 0 radical (unpaired) electrons. The smallest absolute Gasteiger partial charge is 0.00441 e. The average molecular weight is 277 g/mol. The molecule has 2 unspecified atom stereocenters. The Kier molecular flexibility index (Phi) is 4.75. The van der Waals surface area contributed by atoms with Crippen molar-refractivity contribution in [2.75, 3.05) is 0 Å². The highest BCUT2D eigenvalue weighted by molar-refractivity contribution is 4.93. The van der Waals surface area contributed by atoms with Crippen molar-refractivity contribution in [2.45, 2.75) is 84.1 Å². The van der Waals surface area contributed by atoms with Gasteiger partial charge in [-0.2, -0.15) is 0 Å². The van der Waals surface area contributed by atoms with Gasteiger partial charge in [-0.15, -0.1) is 0 Å². The topological polar surface area (TPSA) is 26.0 Å². The zero-order valence-corrected chi connectivity index (χ0v) is 13.7. The lowest BCUT2D eigenvalue weighted by molar-refractivity contribution is 0.0113. The monoisotopic (exact) mass is 277 g/mol. The van der Waals surface area contributed by atoms with Crippen LogP contribution in [0.5, 0.6) is 0 Å². The van der Waals surface area contributed by atoms with E-state index in [0.29, 0.717) is 6.04 Å². The normalized spacial score (nSPS) is 40.4. The molecule has 0 saturated heterocycles. The lowest BCUT2D eigenvalue weighted by Crippen LogP contribution is -2.41. The second-order valence-electron chi connectivity index (χ2n) is 8.50. The summed E-state index contributed by atoms with van der Waals surface area (Å²) in [4.78, 5) is 0. The van der Waals surface area contributed by atoms with Crippen LogP contribution in [0.15, 0.2) is 0 Å². The summed E-state index contributed by atoms with van der Waals surface area (Å²) >= 11 is 0. The van der Waals surface area contributed by atoms with Gasteiger partial charge < -0.3 is 5.73 Å². The number of nitrogens with two attached hydrogens (primary N) is 1. The van der Waals surface area contributed by atoms with E-state index in [9.17, 15) is 0 Å². The Balaban J connectivity index is 1.30. The van der Waals surface area contributed by atoms with E-state index in [2.05, 4.69) is 13.8 Å². The maximum atomic E-state index is 6.37. The van der Waals surface area contributed by atoms with Gasteiger partial charge in [0.1, 0.15) is 0 Å². The Labute approximate surface area is 126 Å². The minimum absolute atomic E-state index is 0.488. The quantitative estimate of drug-likeness (QED) is 0.697. The molecule has 3 rings (SSSR count). The largest absolute Gasteiger partial charge is 0.328 e. The Bertz CT molecular complexity index is 297. The van der Waals surface area contributed by atoms with E-state index in [1.54, 1.807) is 12.8 Å². The summed E-state index contributed by atoms with van der Waals surface area (Å²) in [6, 6.07) is 0.488. The van der Waals surface area contributed by atoms with Crippen molar-refractivity contribution in [1.29, 1.82) is 0 Å². The molecule has 116 valence electrons. The molecule has 2 N–H and O–H groups in total. The van der Waals surface area contributed by atoms with Crippen LogP contribution < -0.4 is 5.73 Å². The maximum Gasteiger partial charge on any atom is 0.00441 e. The molecule has 0 heterocycles. The molecule has 2 atom stereocenters. The van der Waals surface area contributed by atoms with Crippen molar-refractivity contribution >= 4 is 0 Å². The van der Waals surface area contributed by atoms with E-state index in [4.69, 9.17) is 5.73 Å².